The highest BCUT2D eigenvalue weighted by Gasteiger charge is 2.38. The summed E-state index contributed by atoms with van der Waals surface area (Å²) in [6.07, 6.45) is -4.09. The second kappa shape index (κ2) is 4.99. The van der Waals surface area contributed by atoms with Gasteiger partial charge in [0.25, 0.3) is 5.91 Å². The summed E-state index contributed by atoms with van der Waals surface area (Å²) in [5.74, 6) is -1.79. The quantitative estimate of drug-likeness (QED) is 0.631. The average molecular weight is 247 g/mol. The molecule has 0 bridgehead atoms. The number of amides is 1. The Hall–Kier alpha value is -1.85. The Morgan fingerprint density at radius 2 is 1.76 bits per heavy atom. The zero-order chi connectivity index (χ0) is 13.1. The first-order valence-corrected chi connectivity index (χ1v) is 4.61. The summed E-state index contributed by atoms with van der Waals surface area (Å²) in [4.78, 5) is 11.1. The molecule has 0 aliphatic rings. The molecule has 17 heavy (non-hydrogen) atoms. The van der Waals surface area contributed by atoms with Crippen molar-refractivity contribution in [3.05, 3.63) is 41.2 Å². The van der Waals surface area contributed by atoms with Gasteiger partial charge in [-0.25, -0.2) is 4.39 Å². The predicted molar refractivity (Wildman–Crippen MR) is 54.5 cm³/mol. The number of likely N-dealkylation sites (N-methyl/N-ethyl adjacent to an activating group) is 1. The van der Waals surface area contributed by atoms with Crippen LogP contribution in [0.15, 0.2) is 29.8 Å². The van der Waals surface area contributed by atoms with E-state index in [0.717, 1.165) is 31.3 Å². The van der Waals surface area contributed by atoms with Gasteiger partial charge in [-0.2, -0.15) is 13.2 Å². The van der Waals surface area contributed by atoms with Gasteiger partial charge in [0.05, 0.1) is 0 Å². The van der Waals surface area contributed by atoms with Crippen LogP contribution in [0.2, 0.25) is 0 Å². The number of carbonyl (C=O) groups is 1. The van der Waals surface area contributed by atoms with Crippen LogP contribution in [-0.4, -0.2) is 19.1 Å². The van der Waals surface area contributed by atoms with Crippen LogP contribution in [0.5, 0.6) is 0 Å². The van der Waals surface area contributed by atoms with Crippen LogP contribution in [0.4, 0.5) is 17.6 Å². The summed E-state index contributed by atoms with van der Waals surface area (Å²) in [5, 5.41) is 1.90. The van der Waals surface area contributed by atoms with Crippen LogP contribution in [0, 0.1) is 5.82 Å². The van der Waals surface area contributed by atoms with E-state index in [-0.39, 0.29) is 5.56 Å². The fourth-order valence-corrected chi connectivity index (χ4v) is 1.14. The van der Waals surface area contributed by atoms with Gasteiger partial charge in [0.2, 0.25) is 0 Å². The molecule has 0 fully saturated rings. The van der Waals surface area contributed by atoms with E-state index in [0.29, 0.717) is 6.08 Å². The van der Waals surface area contributed by atoms with E-state index in [1.165, 1.54) is 0 Å². The summed E-state index contributed by atoms with van der Waals surface area (Å²) >= 11 is 0. The number of rotatable bonds is 2. The molecule has 1 aromatic rings. The SMILES string of the molecule is CNC(=O)/C(=C/c1ccc(F)cc1)C(F)(F)F. The number of alkyl halides is 3. The molecule has 0 aliphatic heterocycles. The number of halogens is 4. The van der Waals surface area contributed by atoms with E-state index >= 15 is 0 Å². The number of nitrogens with one attached hydrogen (secondary N) is 1. The topological polar surface area (TPSA) is 29.1 Å². The summed E-state index contributed by atoms with van der Waals surface area (Å²) in [6, 6.07) is 4.35. The first-order chi connectivity index (χ1) is 7.84. The normalized spacial score (nSPS) is 12.4. The maximum Gasteiger partial charge on any atom is 0.421 e. The zero-order valence-corrected chi connectivity index (χ0v) is 8.81. The summed E-state index contributed by atoms with van der Waals surface area (Å²) in [6.45, 7) is 0. The van der Waals surface area contributed by atoms with Crippen LogP contribution in [-0.2, 0) is 4.79 Å². The molecule has 92 valence electrons. The molecule has 0 unspecified atom stereocenters. The lowest BCUT2D eigenvalue weighted by atomic mass is 10.1. The van der Waals surface area contributed by atoms with Crippen molar-refractivity contribution in [1.29, 1.82) is 0 Å². The van der Waals surface area contributed by atoms with Gasteiger partial charge >= 0.3 is 6.18 Å². The molecule has 0 saturated carbocycles. The van der Waals surface area contributed by atoms with E-state index in [1.807, 2.05) is 5.32 Å². The molecule has 0 aromatic heterocycles. The number of benzene rings is 1. The van der Waals surface area contributed by atoms with Crippen molar-refractivity contribution in [2.24, 2.45) is 0 Å². The fraction of sp³-hybridized carbons (Fsp3) is 0.182. The van der Waals surface area contributed by atoms with E-state index in [4.69, 9.17) is 0 Å². The molecule has 2 nitrogen and oxygen atoms in total. The van der Waals surface area contributed by atoms with Crippen LogP contribution >= 0.6 is 0 Å². The minimum atomic E-state index is -4.76. The molecule has 0 aliphatic carbocycles. The molecule has 0 saturated heterocycles. The first kappa shape index (κ1) is 13.2. The molecule has 0 atom stereocenters. The highest BCUT2D eigenvalue weighted by molar-refractivity contribution is 5.98. The smallest absolute Gasteiger partial charge is 0.355 e. The van der Waals surface area contributed by atoms with Gasteiger partial charge < -0.3 is 5.32 Å². The number of hydrogen-bond acceptors (Lipinski definition) is 1. The van der Waals surface area contributed by atoms with Crippen molar-refractivity contribution in [2.75, 3.05) is 7.05 Å². The molecular weight excluding hydrogens is 238 g/mol. The second-order valence-electron chi connectivity index (χ2n) is 3.19. The maximum absolute atomic E-state index is 12.6. The second-order valence-corrected chi connectivity index (χ2v) is 3.19. The van der Waals surface area contributed by atoms with Crippen molar-refractivity contribution in [2.45, 2.75) is 6.18 Å². The lowest BCUT2D eigenvalue weighted by molar-refractivity contribution is -0.129. The highest BCUT2D eigenvalue weighted by atomic mass is 19.4. The van der Waals surface area contributed by atoms with Crippen molar-refractivity contribution in [1.82, 2.24) is 5.32 Å². The molecule has 0 radical (unpaired) electrons. The Morgan fingerprint density at radius 3 is 2.18 bits per heavy atom. The van der Waals surface area contributed by atoms with Crippen LogP contribution in [0.1, 0.15) is 5.56 Å². The predicted octanol–water partition coefficient (Wildman–Crippen LogP) is 2.52. The molecule has 1 rings (SSSR count). The van der Waals surface area contributed by atoms with Crippen LogP contribution in [0.3, 0.4) is 0 Å². The first-order valence-electron chi connectivity index (χ1n) is 4.61. The molecule has 0 heterocycles. The largest absolute Gasteiger partial charge is 0.421 e. The van der Waals surface area contributed by atoms with Crippen LogP contribution in [0.25, 0.3) is 6.08 Å². The van der Waals surface area contributed by atoms with E-state index in [2.05, 4.69) is 0 Å². The van der Waals surface area contributed by atoms with E-state index in [1.54, 1.807) is 0 Å². The van der Waals surface area contributed by atoms with Gasteiger partial charge in [0.15, 0.2) is 0 Å². The highest BCUT2D eigenvalue weighted by Crippen LogP contribution is 2.27. The standard InChI is InChI=1S/C11H9F4NO/c1-16-10(17)9(11(13,14)15)6-7-2-4-8(12)5-3-7/h2-6H,1H3,(H,16,17)/b9-6-. The molecular formula is C11H9F4NO. The van der Waals surface area contributed by atoms with Gasteiger partial charge in [-0.3, -0.25) is 4.79 Å². The Morgan fingerprint density at radius 1 is 1.24 bits per heavy atom. The molecule has 1 aromatic carbocycles. The Labute approximate surface area is 94.9 Å². The third-order valence-electron chi connectivity index (χ3n) is 1.96. The van der Waals surface area contributed by atoms with Gasteiger partial charge in [-0.1, -0.05) is 12.1 Å². The van der Waals surface area contributed by atoms with Crippen LogP contribution < -0.4 is 5.32 Å². The van der Waals surface area contributed by atoms with E-state index < -0.39 is 23.5 Å². The summed E-state index contributed by atoms with van der Waals surface area (Å²) in [7, 11) is 1.10. The number of carbonyl (C=O) groups excluding carboxylic acids is 1. The van der Waals surface area contributed by atoms with Crippen molar-refractivity contribution in [3.63, 3.8) is 0 Å². The summed E-state index contributed by atoms with van der Waals surface area (Å²) in [5.41, 5.74) is -1.23. The summed E-state index contributed by atoms with van der Waals surface area (Å²) < 4.78 is 50.1. The maximum atomic E-state index is 12.6. The minimum absolute atomic E-state index is 0.0994. The van der Waals surface area contributed by atoms with Gasteiger partial charge in [-0.05, 0) is 23.8 Å². The molecule has 1 N–H and O–H groups in total. The van der Waals surface area contributed by atoms with E-state index in [9.17, 15) is 22.4 Å². The molecule has 0 spiro atoms. The van der Waals surface area contributed by atoms with Gasteiger partial charge in [0, 0.05) is 7.05 Å². The fourth-order valence-electron chi connectivity index (χ4n) is 1.14. The lowest BCUT2D eigenvalue weighted by Gasteiger charge is -2.10. The van der Waals surface area contributed by atoms with Crippen molar-refractivity contribution < 1.29 is 22.4 Å². The average Bonchev–Trinajstić information content (AvgIpc) is 2.25. The third-order valence-corrected chi connectivity index (χ3v) is 1.96. The monoisotopic (exact) mass is 247 g/mol. The Kier molecular flexibility index (Phi) is 3.88. The van der Waals surface area contributed by atoms with Crippen molar-refractivity contribution >= 4 is 12.0 Å². The molecule has 1 amide bonds. The Bertz CT molecular complexity index is 434. The Balaban J connectivity index is 3.14. The van der Waals surface area contributed by atoms with Gasteiger partial charge in [0.1, 0.15) is 11.4 Å². The lowest BCUT2D eigenvalue weighted by Crippen LogP contribution is -2.28. The van der Waals surface area contributed by atoms with Gasteiger partial charge in [-0.15, -0.1) is 0 Å². The minimum Gasteiger partial charge on any atom is -0.355 e. The molecule has 6 heteroatoms. The third kappa shape index (κ3) is 3.58. The number of hydrogen-bond donors (Lipinski definition) is 1. The van der Waals surface area contributed by atoms with Crippen molar-refractivity contribution in [3.8, 4) is 0 Å². The zero-order valence-electron chi connectivity index (χ0n) is 8.81.